The molecule has 1 saturated carbocycles. The highest BCUT2D eigenvalue weighted by Crippen LogP contribution is 2.49. The normalized spacial score (nSPS) is 22.4. The Bertz CT molecular complexity index is 1380. The number of aliphatic hydroxyl groups is 1. The van der Waals surface area contributed by atoms with Gasteiger partial charge in [0.1, 0.15) is 11.8 Å². The molecule has 3 fully saturated rings. The van der Waals surface area contributed by atoms with E-state index in [1.165, 1.54) is 4.90 Å². The molecule has 12 heteroatoms. The van der Waals surface area contributed by atoms with Gasteiger partial charge in [-0.3, -0.25) is 14.7 Å². The Kier molecular flexibility index (Phi) is 6.07. The zero-order chi connectivity index (χ0) is 27.4. The van der Waals surface area contributed by atoms with Crippen molar-refractivity contribution in [1.82, 2.24) is 25.3 Å². The molecule has 6 rings (SSSR count). The summed E-state index contributed by atoms with van der Waals surface area (Å²) in [6, 6.07) is 14.8. The van der Waals surface area contributed by atoms with Gasteiger partial charge in [0.25, 0.3) is 5.91 Å². The van der Waals surface area contributed by atoms with E-state index in [1.807, 2.05) is 41.3 Å². The monoisotopic (exact) mass is 542 g/mol. The minimum atomic E-state index is -4.51. The molecule has 2 aromatic carbocycles. The molecule has 1 unspecified atom stereocenters. The molecule has 9 nitrogen and oxygen atoms in total. The van der Waals surface area contributed by atoms with Gasteiger partial charge in [-0.15, -0.1) is 0 Å². The summed E-state index contributed by atoms with van der Waals surface area (Å²) in [5.41, 5.74) is -0.753. The number of aliphatic hydroxyl groups excluding tert-OH is 1. The van der Waals surface area contributed by atoms with Crippen molar-refractivity contribution in [3.05, 3.63) is 60.3 Å². The number of fused-ring (bicyclic) bond motifs is 1. The van der Waals surface area contributed by atoms with Gasteiger partial charge in [-0.05, 0) is 56.0 Å². The number of carbonyl (C=O) groups is 2. The van der Waals surface area contributed by atoms with Crippen molar-refractivity contribution in [2.45, 2.75) is 49.2 Å². The molecule has 2 saturated heterocycles. The molecule has 2 aliphatic heterocycles. The Morgan fingerprint density at radius 1 is 1.08 bits per heavy atom. The Morgan fingerprint density at radius 2 is 1.79 bits per heavy atom. The van der Waals surface area contributed by atoms with E-state index >= 15 is 0 Å². The number of halogens is 3. The van der Waals surface area contributed by atoms with Crippen molar-refractivity contribution in [3.8, 4) is 0 Å². The van der Waals surface area contributed by atoms with E-state index in [2.05, 4.69) is 15.5 Å². The lowest BCUT2D eigenvalue weighted by Crippen LogP contribution is -2.59. The van der Waals surface area contributed by atoms with Gasteiger partial charge >= 0.3 is 6.18 Å². The highest BCUT2D eigenvalue weighted by atomic mass is 19.4. The summed E-state index contributed by atoms with van der Waals surface area (Å²) in [5, 5.41) is 21.4. The average Bonchev–Trinajstić information content (AvgIpc) is 3.49. The number of nitrogens with zero attached hydrogens (tertiary/aromatic N) is 4. The summed E-state index contributed by atoms with van der Waals surface area (Å²) in [6.07, 6.45) is -3.38. The third-order valence-electron chi connectivity index (χ3n) is 8.38. The molecule has 39 heavy (non-hydrogen) atoms. The number of anilines is 1. The number of carbonyl (C=O) groups excluding carboxylic acids is 2. The predicted molar refractivity (Wildman–Crippen MR) is 137 cm³/mol. The minimum absolute atomic E-state index is 0.121. The zero-order valence-electron chi connectivity index (χ0n) is 21.1. The fraction of sp³-hybridized carbons (Fsp3) is 0.444. The van der Waals surface area contributed by atoms with Crippen LogP contribution in [0.25, 0.3) is 10.9 Å². The van der Waals surface area contributed by atoms with Crippen LogP contribution >= 0.6 is 0 Å². The first-order valence-electron chi connectivity index (χ1n) is 13.0. The first kappa shape index (κ1) is 25.6. The molecular formula is C27H29F3N6O3. The fourth-order valence-electron chi connectivity index (χ4n) is 5.94. The maximum atomic E-state index is 13.4. The Balaban J connectivity index is 1.19. The lowest BCUT2D eigenvalue weighted by Gasteiger charge is -2.46. The van der Waals surface area contributed by atoms with Crippen LogP contribution in [0.15, 0.2) is 54.7 Å². The topological polar surface area (TPSA) is 105 Å². The number of amides is 2. The molecule has 1 atom stereocenters. The number of aromatic nitrogens is 2. The van der Waals surface area contributed by atoms with Crippen molar-refractivity contribution < 1.29 is 27.9 Å². The zero-order valence-corrected chi connectivity index (χ0v) is 21.1. The summed E-state index contributed by atoms with van der Waals surface area (Å²) in [4.78, 5) is 31.3. The van der Waals surface area contributed by atoms with E-state index in [4.69, 9.17) is 0 Å². The van der Waals surface area contributed by atoms with Crippen LogP contribution in [0, 0.1) is 0 Å². The van der Waals surface area contributed by atoms with Crippen molar-refractivity contribution in [2.75, 3.05) is 31.2 Å². The van der Waals surface area contributed by atoms with Crippen LogP contribution in [0.3, 0.4) is 0 Å². The molecule has 3 N–H and O–H groups in total. The molecule has 206 valence electrons. The van der Waals surface area contributed by atoms with Gasteiger partial charge < -0.3 is 20.2 Å². The summed E-state index contributed by atoms with van der Waals surface area (Å²) in [6.45, 7) is 0.555. The molecule has 0 radical (unpaired) electrons. The van der Waals surface area contributed by atoms with Crippen molar-refractivity contribution in [1.29, 1.82) is 0 Å². The van der Waals surface area contributed by atoms with Crippen LogP contribution in [0.1, 0.15) is 36.0 Å². The van der Waals surface area contributed by atoms with Gasteiger partial charge in [-0.2, -0.15) is 18.3 Å². The number of hydrogen-bond donors (Lipinski definition) is 3. The standard InChI is InChI=1S/C27H29F3N6O3/c28-27(29,30)26(8-9-26)32-22(37)16-35-17-36(20-4-2-1-3-5-20)25(24(35)39)10-12-34(13-11-25)23(38)18-6-7-21-19(14-18)15-31-33-21/h1-7,14-15,24,39H,8-13,16-17H2,(H,31,33)(H,32,37). The molecule has 3 aromatic rings. The van der Waals surface area contributed by atoms with Gasteiger partial charge in [0.05, 0.1) is 30.5 Å². The highest BCUT2D eigenvalue weighted by Gasteiger charge is 2.64. The van der Waals surface area contributed by atoms with E-state index in [1.54, 1.807) is 23.2 Å². The summed E-state index contributed by atoms with van der Waals surface area (Å²) >= 11 is 0. The van der Waals surface area contributed by atoms with Crippen LogP contribution in [0.4, 0.5) is 18.9 Å². The second-order valence-corrected chi connectivity index (χ2v) is 10.7. The van der Waals surface area contributed by atoms with Gasteiger partial charge in [-0.1, -0.05) is 18.2 Å². The number of aromatic amines is 1. The molecule has 2 amide bonds. The largest absolute Gasteiger partial charge is 0.411 e. The Labute approximate surface area is 222 Å². The van der Waals surface area contributed by atoms with E-state index in [0.29, 0.717) is 31.5 Å². The first-order chi connectivity index (χ1) is 18.6. The molecule has 3 heterocycles. The maximum absolute atomic E-state index is 13.4. The molecule has 1 aliphatic carbocycles. The molecular weight excluding hydrogens is 513 g/mol. The number of hydrogen-bond acceptors (Lipinski definition) is 6. The number of para-hydroxylation sites is 1. The van der Waals surface area contributed by atoms with Gasteiger partial charge in [-0.25, -0.2) is 4.90 Å². The van der Waals surface area contributed by atoms with Crippen LogP contribution < -0.4 is 10.2 Å². The van der Waals surface area contributed by atoms with E-state index in [0.717, 1.165) is 16.6 Å². The third kappa shape index (κ3) is 4.41. The van der Waals surface area contributed by atoms with Crippen molar-refractivity contribution in [3.63, 3.8) is 0 Å². The van der Waals surface area contributed by atoms with Gasteiger partial charge in [0, 0.05) is 29.7 Å². The second kappa shape index (κ2) is 9.23. The number of likely N-dealkylation sites (tertiary alicyclic amines) is 1. The lowest BCUT2D eigenvalue weighted by molar-refractivity contribution is -0.171. The van der Waals surface area contributed by atoms with Crippen molar-refractivity contribution >= 4 is 28.4 Å². The molecule has 1 spiro atoms. The summed E-state index contributed by atoms with van der Waals surface area (Å²) in [5.74, 6) is -0.888. The quantitative estimate of drug-likeness (QED) is 0.458. The number of rotatable bonds is 5. The third-order valence-corrected chi connectivity index (χ3v) is 8.38. The lowest BCUT2D eigenvalue weighted by atomic mass is 9.84. The molecule has 3 aliphatic rings. The number of benzene rings is 2. The first-order valence-corrected chi connectivity index (χ1v) is 13.0. The Hall–Kier alpha value is -3.64. The molecule has 0 bridgehead atoms. The average molecular weight is 543 g/mol. The van der Waals surface area contributed by atoms with E-state index < -0.39 is 29.4 Å². The number of nitrogens with one attached hydrogen (secondary N) is 2. The molecule has 1 aromatic heterocycles. The summed E-state index contributed by atoms with van der Waals surface area (Å²) in [7, 11) is 0. The SMILES string of the molecule is O=C(CN1CN(c2ccccc2)C2(CCN(C(=O)c3ccc4[nH]ncc4c3)CC2)C1O)NC1(C(F)(F)F)CC1. The maximum Gasteiger partial charge on any atom is 0.411 e. The Morgan fingerprint density at radius 3 is 2.46 bits per heavy atom. The van der Waals surface area contributed by atoms with Crippen LogP contribution in [0.2, 0.25) is 0 Å². The predicted octanol–water partition coefficient (Wildman–Crippen LogP) is 2.85. The number of alkyl halides is 3. The van der Waals surface area contributed by atoms with Crippen LogP contribution in [-0.4, -0.2) is 86.7 Å². The van der Waals surface area contributed by atoms with Gasteiger partial charge in [0.15, 0.2) is 0 Å². The smallest absolute Gasteiger partial charge is 0.376 e. The number of piperidine rings is 1. The van der Waals surface area contributed by atoms with Gasteiger partial charge in [0.2, 0.25) is 5.91 Å². The van der Waals surface area contributed by atoms with E-state index in [-0.39, 0.29) is 32.0 Å². The summed E-state index contributed by atoms with van der Waals surface area (Å²) < 4.78 is 40.1. The van der Waals surface area contributed by atoms with E-state index in [9.17, 15) is 27.9 Å². The minimum Gasteiger partial charge on any atom is -0.376 e. The van der Waals surface area contributed by atoms with Crippen LogP contribution in [0.5, 0.6) is 0 Å². The second-order valence-electron chi connectivity index (χ2n) is 10.7. The highest BCUT2D eigenvalue weighted by molar-refractivity contribution is 5.98. The number of H-pyrrole nitrogens is 1. The van der Waals surface area contributed by atoms with Crippen LogP contribution in [-0.2, 0) is 4.79 Å². The van der Waals surface area contributed by atoms with Crippen molar-refractivity contribution in [2.24, 2.45) is 0 Å². The fourth-order valence-corrected chi connectivity index (χ4v) is 5.94.